The first kappa shape index (κ1) is 47.0. The van der Waals surface area contributed by atoms with E-state index in [1.807, 2.05) is 0 Å². The lowest BCUT2D eigenvalue weighted by molar-refractivity contribution is -0.925. The van der Waals surface area contributed by atoms with Crippen LogP contribution in [0.25, 0.3) is 0 Å². The van der Waals surface area contributed by atoms with Crippen molar-refractivity contribution in [3.63, 3.8) is 0 Å². The van der Waals surface area contributed by atoms with Crippen LogP contribution in [-0.2, 0) is 0 Å². The van der Waals surface area contributed by atoms with Crippen LogP contribution in [0.5, 0.6) is 0 Å². The largest absolute Gasteiger partial charge is 1.00 e. The van der Waals surface area contributed by atoms with Gasteiger partial charge in [-0.15, -0.1) is 0 Å². The van der Waals surface area contributed by atoms with Crippen LogP contribution in [-0.4, -0.2) is 92.0 Å². The van der Waals surface area contributed by atoms with Crippen molar-refractivity contribution in [1.29, 1.82) is 0 Å². The highest BCUT2D eigenvalue weighted by Gasteiger charge is 2.22. The molecule has 0 radical (unpaired) electrons. The van der Waals surface area contributed by atoms with Crippen LogP contribution in [0.15, 0.2) is 0 Å². The standard InChI is InChI=1S/C32H72N3.3HI/c1-9-33(10-2,11-3)29-25-21-17-19-23-27-31-35(15-7,16-8)32-28-24-20-18-22-26-30-34(12-4,13-5)14-6;;;/h9-32H2,1-8H3;3*1H/q+3;;;/p-3. The molecule has 0 aliphatic carbocycles. The lowest BCUT2D eigenvalue weighted by Gasteiger charge is -2.37. The third-order valence-electron chi connectivity index (χ3n) is 10.4. The molecule has 236 valence electrons. The van der Waals surface area contributed by atoms with Crippen LogP contribution >= 0.6 is 0 Å². The fraction of sp³-hybridized carbons (Fsp3) is 1.00. The molecule has 38 heavy (non-hydrogen) atoms. The monoisotopic (exact) mass is 879 g/mol. The summed E-state index contributed by atoms with van der Waals surface area (Å²) in [4.78, 5) is 0. The molecule has 0 aliphatic rings. The first-order valence-electron chi connectivity index (χ1n) is 16.5. The second-order valence-electron chi connectivity index (χ2n) is 11.7. The van der Waals surface area contributed by atoms with Gasteiger partial charge in [-0.2, -0.15) is 0 Å². The van der Waals surface area contributed by atoms with E-state index in [4.69, 9.17) is 0 Å². The summed E-state index contributed by atoms with van der Waals surface area (Å²) in [6, 6.07) is 0. The Morgan fingerprint density at radius 2 is 0.395 bits per heavy atom. The molecule has 0 aromatic carbocycles. The predicted octanol–water partition coefficient (Wildman–Crippen LogP) is -0.711. The topological polar surface area (TPSA) is 0 Å². The summed E-state index contributed by atoms with van der Waals surface area (Å²) < 4.78 is 4.01. The number of rotatable bonds is 26. The molecule has 3 nitrogen and oxygen atoms in total. The van der Waals surface area contributed by atoms with Gasteiger partial charge in [-0.25, -0.2) is 0 Å². The van der Waals surface area contributed by atoms with E-state index in [1.54, 1.807) is 0 Å². The van der Waals surface area contributed by atoms with Gasteiger partial charge in [0.05, 0.1) is 78.5 Å². The summed E-state index contributed by atoms with van der Waals surface area (Å²) in [6.45, 7) is 35.2. The van der Waals surface area contributed by atoms with E-state index in [0.717, 1.165) is 0 Å². The zero-order valence-corrected chi connectivity index (χ0v) is 33.9. The molecule has 0 atom stereocenters. The van der Waals surface area contributed by atoms with Crippen molar-refractivity contribution in [3.05, 3.63) is 0 Å². The van der Waals surface area contributed by atoms with Gasteiger partial charge in [-0.3, -0.25) is 0 Å². The minimum Gasteiger partial charge on any atom is -1.00 e. The van der Waals surface area contributed by atoms with Crippen LogP contribution < -0.4 is 71.9 Å². The van der Waals surface area contributed by atoms with E-state index in [0.29, 0.717) is 0 Å². The average Bonchev–Trinajstić information content (AvgIpc) is 2.91. The van der Waals surface area contributed by atoms with Crippen LogP contribution in [0.3, 0.4) is 0 Å². The molecule has 6 heteroatoms. The van der Waals surface area contributed by atoms with E-state index < -0.39 is 0 Å². The molecule has 0 heterocycles. The molecule has 0 amide bonds. The Hall–Kier alpha value is 2.07. The smallest absolute Gasteiger partial charge is 0.0786 e. The van der Waals surface area contributed by atoms with Crippen molar-refractivity contribution in [2.75, 3.05) is 78.5 Å². The van der Waals surface area contributed by atoms with Gasteiger partial charge in [0, 0.05) is 0 Å². The molecule has 0 rings (SSSR count). The van der Waals surface area contributed by atoms with Gasteiger partial charge in [0.1, 0.15) is 0 Å². The molecule has 0 aromatic rings. The van der Waals surface area contributed by atoms with E-state index in [9.17, 15) is 0 Å². The highest BCUT2D eigenvalue weighted by atomic mass is 127. The normalized spacial score (nSPS) is 12.0. The fourth-order valence-electron chi connectivity index (χ4n) is 6.46. The molecule has 0 bridgehead atoms. The number of hydrogen-bond acceptors (Lipinski definition) is 0. The highest BCUT2D eigenvalue weighted by Crippen LogP contribution is 2.17. The summed E-state index contributed by atoms with van der Waals surface area (Å²) in [5, 5.41) is 0. The van der Waals surface area contributed by atoms with Crippen molar-refractivity contribution < 1.29 is 85.4 Å². The summed E-state index contributed by atoms with van der Waals surface area (Å²) >= 11 is 0. The second-order valence-corrected chi connectivity index (χ2v) is 11.7. The Kier molecular flexibility index (Phi) is 36.1. The Labute approximate surface area is 293 Å². The van der Waals surface area contributed by atoms with Gasteiger partial charge >= 0.3 is 0 Å². The zero-order valence-electron chi connectivity index (χ0n) is 27.4. The van der Waals surface area contributed by atoms with Gasteiger partial charge in [-0.1, -0.05) is 25.7 Å². The van der Waals surface area contributed by atoms with Gasteiger partial charge in [0.25, 0.3) is 0 Å². The van der Waals surface area contributed by atoms with E-state index in [-0.39, 0.29) is 71.9 Å². The van der Waals surface area contributed by atoms with Crippen LogP contribution in [0.4, 0.5) is 0 Å². The van der Waals surface area contributed by atoms with Gasteiger partial charge in [0.15, 0.2) is 0 Å². The zero-order chi connectivity index (χ0) is 26.5. The molecule has 0 aliphatic heterocycles. The lowest BCUT2D eigenvalue weighted by Crippen LogP contribution is -3.00. The molecule has 0 unspecified atom stereocenters. The van der Waals surface area contributed by atoms with Gasteiger partial charge < -0.3 is 85.4 Å². The van der Waals surface area contributed by atoms with Crippen LogP contribution in [0.2, 0.25) is 0 Å². The molecule has 0 spiro atoms. The van der Waals surface area contributed by atoms with E-state index in [1.165, 1.54) is 169 Å². The Bertz CT molecular complexity index is 410. The number of quaternary nitrogens is 3. The number of nitrogens with zero attached hydrogens (tertiary/aromatic N) is 3. The highest BCUT2D eigenvalue weighted by molar-refractivity contribution is 4.51. The summed E-state index contributed by atoms with van der Waals surface area (Å²) in [5.74, 6) is 0. The van der Waals surface area contributed by atoms with Crippen molar-refractivity contribution in [3.8, 4) is 0 Å². The van der Waals surface area contributed by atoms with Crippen molar-refractivity contribution in [1.82, 2.24) is 0 Å². The predicted molar refractivity (Wildman–Crippen MR) is 160 cm³/mol. The van der Waals surface area contributed by atoms with Crippen molar-refractivity contribution in [2.45, 2.75) is 132 Å². The minimum atomic E-state index is 0. The Morgan fingerprint density at radius 3 is 0.579 bits per heavy atom. The minimum absolute atomic E-state index is 0. The quantitative estimate of drug-likeness (QED) is 0.0614. The maximum Gasteiger partial charge on any atom is 0.0786 e. The number of hydrogen-bond donors (Lipinski definition) is 0. The molecule has 0 saturated heterocycles. The van der Waals surface area contributed by atoms with E-state index >= 15 is 0 Å². The molecule has 0 fully saturated rings. The molecular formula is C32H72I3N3. The van der Waals surface area contributed by atoms with Crippen LogP contribution in [0.1, 0.15) is 132 Å². The lowest BCUT2D eigenvalue weighted by atomic mass is 10.1. The average molecular weight is 880 g/mol. The first-order chi connectivity index (χ1) is 16.9. The van der Waals surface area contributed by atoms with Crippen molar-refractivity contribution in [2.24, 2.45) is 0 Å². The summed E-state index contributed by atoms with van der Waals surface area (Å²) in [6.07, 6.45) is 17.3. The van der Waals surface area contributed by atoms with Crippen LogP contribution in [0, 0.1) is 0 Å². The molecule has 0 aromatic heterocycles. The molecule has 0 N–H and O–H groups in total. The second kappa shape index (κ2) is 29.2. The van der Waals surface area contributed by atoms with E-state index in [2.05, 4.69) is 55.4 Å². The fourth-order valence-corrected chi connectivity index (χ4v) is 6.46. The third-order valence-corrected chi connectivity index (χ3v) is 10.4. The molecular weight excluding hydrogens is 807 g/mol. The van der Waals surface area contributed by atoms with Gasteiger partial charge in [-0.05, 0) is 107 Å². The van der Waals surface area contributed by atoms with Crippen molar-refractivity contribution >= 4 is 0 Å². The SMILES string of the molecule is CC[N+](CC)(CC)CCCCCCCC[N+](CC)(CC)CCCCCCCC[N+](CC)(CC)CC.[I-].[I-].[I-]. The molecule has 0 saturated carbocycles. The third kappa shape index (κ3) is 19.3. The maximum absolute atomic E-state index is 2.43. The summed E-state index contributed by atoms with van der Waals surface area (Å²) in [7, 11) is 0. The number of halogens is 3. The number of unbranched alkanes of at least 4 members (excludes halogenated alkanes) is 10. The Morgan fingerprint density at radius 1 is 0.237 bits per heavy atom. The Balaban J connectivity index is -0.00000193. The first-order valence-corrected chi connectivity index (χ1v) is 16.5. The maximum atomic E-state index is 2.43. The van der Waals surface area contributed by atoms with Gasteiger partial charge in [0.2, 0.25) is 0 Å². The summed E-state index contributed by atoms with van der Waals surface area (Å²) in [5.41, 5.74) is 0.